The third kappa shape index (κ3) is 3.14. The van der Waals surface area contributed by atoms with Crippen molar-refractivity contribution >= 4 is 38.9 Å². The summed E-state index contributed by atoms with van der Waals surface area (Å²) in [4.78, 5) is 0. The lowest BCUT2D eigenvalue weighted by Crippen LogP contribution is -2.02. The highest BCUT2D eigenvalue weighted by atomic mass is 79.9. The van der Waals surface area contributed by atoms with Crippen LogP contribution in [-0.2, 0) is 6.54 Å². The number of nitrogen functional groups attached to an aromatic ring is 1. The van der Waals surface area contributed by atoms with E-state index >= 15 is 0 Å². The van der Waals surface area contributed by atoms with Crippen molar-refractivity contribution in [2.75, 3.05) is 11.1 Å². The van der Waals surface area contributed by atoms with Crippen molar-refractivity contribution in [3.05, 3.63) is 57.5 Å². The van der Waals surface area contributed by atoms with Crippen LogP contribution < -0.4 is 11.1 Å². The van der Waals surface area contributed by atoms with E-state index in [-0.39, 0.29) is 0 Å². The van der Waals surface area contributed by atoms with Gasteiger partial charge in [-0.2, -0.15) is 0 Å². The topological polar surface area (TPSA) is 38.0 Å². The molecule has 2 rings (SSSR count). The van der Waals surface area contributed by atoms with Crippen LogP contribution in [-0.4, -0.2) is 0 Å². The number of nitrogens with two attached hydrogens (primary N) is 1. The zero-order valence-corrected chi connectivity index (χ0v) is 11.4. The van der Waals surface area contributed by atoms with Crippen LogP contribution in [0.2, 0.25) is 5.02 Å². The molecule has 2 aromatic carbocycles. The lowest BCUT2D eigenvalue weighted by atomic mass is 10.2. The van der Waals surface area contributed by atoms with E-state index in [1.165, 1.54) is 0 Å². The predicted octanol–water partition coefficient (Wildman–Crippen LogP) is 4.30. The summed E-state index contributed by atoms with van der Waals surface area (Å²) >= 11 is 9.37. The van der Waals surface area contributed by atoms with E-state index < -0.39 is 0 Å². The average Bonchev–Trinajstić information content (AvgIpc) is 2.32. The summed E-state index contributed by atoms with van der Waals surface area (Å²) in [5.74, 6) is 0. The first-order valence-electron chi connectivity index (χ1n) is 5.19. The Morgan fingerprint density at radius 1 is 1.18 bits per heavy atom. The normalized spacial score (nSPS) is 10.2. The second-order valence-corrected chi connectivity index (χ2v) is 4.94. The molecule has 0 aromatic heterocycles. The number of anilines is 2. The van der Waals surface area contributed by atoms with Gasteiger partial charge in [-0.3, -0.25) is 0 Å². The van der Waals surface area contributed by atoms with Crippen LogP contribution in [0.5, 0.6) is 0 Å². The first-order chi connectivity index (χ1) is 8.16. The molecule has 0 radical (unpaired) electrons. The summed E-state index contributed by atoms with van der Waals surface area (Å²) in [5, 5.41) is 3.98. The number of benzene rings is 2. The molecule has 0 atom stereocenters. The third-order valence-electron chi connectivity index (χ3n) is 2.46. The minimum atomic E-state index is 0.685. The minimum Gasteiger partial charge on any atom is -0.398 e. The van der Waals surface area contributed by atoms with Crippen LogP contribution in [0.15, 0.2) is 46.9 Å². The number of rotatable bonds is 3. The monoisotopic (exact) mass is 310 g/mol. The molecule has 0 amide bonds. The molecule has 0 saturated carbocycles. The number of nitrogens with one attached hydrogen (secondary N) is 1. The van der Waals surface area contributed by atoms with Gasteiger partial charge < -0.3 is 11.1 Å². The molecule has 0 saturated heterocycles. The third-order valence-corrected chi connectivity index (χ3v) is 3.69. The van der Waals surface area contributed by atoms with E-state index in [9.17, 15) is 0 Å². The zero-order chi connectivity index (χ0) is 12.3. The van der Waals surface area contributed by atoms with E-state index in [0.29, 0.717) is 11.6 Å². The number of halogens is 2. The van der Waals surface area contributed by atoms with Crippen molar-refractivity contribution in [3.8, 4) is 0 Å². The number of hydrogen-bond donors (Lipinski definition) is 2. The van der Waals surface area contributed by atoms with Gasteiger partial charge >= 0.3 is 0 Å². The fourth-order valence-electron chi connectivity index (χ4n) is 1.50. The first-order valence-corrected chi connectivity index (χ1v) is 6.36. The van der Waals surface area contributed by atoms with Gasteiger partial charge in [0.05, 0.1) is 5.02 Å². The molecule has 0 heterocycles. The van der Waals surface area contributed by atoms with Gasteiger partial charge in [0, 0.05) is 22.4 Å². The van der Waals surface area contributed by atoms with Crippen molar-refractivity contribution < 1.29 is 0 Å². The highest BCUT2D eigenvalue weighted by Crippen LogP contribution is 2.26. The van der Waals surface area contributed by atoms with Gasteiger partial charge in [-0.05, 0) is 45.8 Å². The Labute approximate surface area is 114 Å². The maximum atomic E-state index is 6.02. The van der Waals surface area contributed by atoms with Crippen molar-refractivity contribution in [1.82, 2.24) is 0 Å². The zero-order valence-electron chi connectivity index (χ0n) is 9.08. The maximum absolute atomic E-state index is 6.02. The van der Waals surface area contributed by atoms with Gasteiger partial charge in [0.15, 0.2) is 0 Å². The Morgan fingerprint density at radius 2 is 1.94 bits per heavy atom. The molecule has 2 aromatic rings. The van der Waals surface area contributed by atoms with Crippen LogP contribution in [0.3, 0.4) is 0 Å². The van der Waals surface area contributed by atoms with E-state index in [4.69, 9.17) is 17.3 Å². The Balaban J connectivity index is 2.08. The van der Waals surface area contributed by atoms with E-state index in [1.807, 2.05) is 42.5 Å². The molecule has 0 unspecified atom stereocenters. The summed E-state index contributed by atoms with van der Waals surface area (Å²) in [6, 6.07) is 13.6. The standard InChI is InChI=1S/C13H12BrClN2/c14-11-6-5-10(7-12(11)15)17-8-9-3-1-2-4-13(9)16/h1-7,17H,8,16H2. The molecule has 4 heteroatoms. The highest BCUT2D eigenvalue weighted by molar-refractivity contribution is 9.10. The maximum Gasteiger partial charge on any atom is 0.0568 e. The Kier molecular flexibility index (Phi) is 3.92. The Bertz CT molecular complexity index is 529. The van der Waals surface area contributed by atoms with Crippen LogP contribution in [0, 0.1) is 0 Å². The molecule has 0 bridgehead atoms. The van der Waals surface area contributed by atoms with Crippen LogP contribution >= 0.6 is 27.5 Å². The number of para-hydroxylation sites is 1. The van der Waals surface area contributed by atoms with Crippen molar-refractivity contribution in [2.45, 2.75) is 6.54 Å². The van der Waals surface area contributed by atoms with E-state index in [2.05, 4.69) is 21.2 Å². The second-order valence-electron chi connectivity index (χ2n) is 3.68. The fourth-order valence-corrected chi connectivity index (χ4v) is 1.93. The van der Waals surface area contributed by atoms with E-state index in [0.717, 1.165) is 21.4 Å². The van der Waals surface area contributed by atoms with Crippen molar-refractivity contribution in [1.29, 1.82) is 0 Å². The van der Waals surface area contributed by atoms with Gasteiger partial charge in [-0.15, -0.1) is 0 Å². The molecule has 0 aliphatic heterocycles. The molecule has 0 aliphatic carbocycles. The van der Waals surface area contributed by atoms with Gasteiger partial charge in [0.1, 0.15) is 0 Å². The summed E-state index contributed by atoms with van der Waals surface area (Å²) in [6.45, 7) is 0.685. The van der Waals surface area contributed by atoms with Gasteiger partial charge in [0.25, 0.3) is 0 Å². The minimum absolute atomic E-state index is 0.685. The molecule has 0 spiro atoms. The molecule has 0 aliphatic rings. The fraction of sp³-hybridized carbons (Fsp3) is 0.0769. The SMILES string of the molecule is Nc1ccccc1CNc1ccc(Br)c(Cl)c1. The number of hydrogen-bond acceptors (Lipinski definition) is 2. The largest absolute Gasteiger partial charge is 0.398 e. The summed E-state index contributed by atoms with van der Waals surface area (Å²) in [7, 11) is 0. The Hall–Kier alpha value is -1.19. The van der Waals surface area contributed by atoms with Gasteiger partial charge in [-0.1, -0.05) is 29.8 Å². The molecule has 2 nitrogen and oxygen atoms in total. The first kappa shape index (κ1) is 12.3. The highest BCUT2D eigenvalue weighted by Gasteiger charge is 2.00. The summed E-state index contributed by atoms with van der Waals surface area (Å²) in [6.07, 6.45) is 0. The van der Waals surface area contributed by atoms with Crippen LogP contribution in [0.25, 0.3) is 0 Å². The smallest absolute Gasteiger partial charge is 0.0568 e. The molecule has 17 heavy (non-hydrogen) atoms. The Morgan fingerprint density at radius 3 is 2.65 bits per heavy atom. The molecule has 3 N–H and O–H groups in total. The van der Waals surface area contributed by atoms with Crippen molar-refractivity contribution in [3.63, 3.8) is 0 Å². The molecule has 88 valence electrons. The molecular formula is C13H12BrClN2. The van der Waals surface area contributed by atoms with Crippen molar-refractivity contribution in [2.24, 2.45) is 0 Å². The predicted molar refractivity (Wildman–Crippen MR) is 77.3 cm³/mol. The second kappa shape index (κ2) is 5.43. The van der Waals surface area contributed by atoms with Crippen LogP contribution in [0.1, 0.15) is 5.56 Å². The molecule has 0 fully saturated rings. The lowest BCUT2D eigenvalue weighted by molar-refractivity contribution is 1.15. The van der Waals surface area contributed by atoms with E-state index in [1.54, 1.807) is 0 Å². The lowest BCUT2D eigenvalue weighted by Gasteiger charge is -2.09. The average molecular weight is 312 g/mol. The quantitative estimate of drug-likeness (QED) is 0.830. The van der Waals surface area contributed by atoms with Gasteiger partial charge in [-0.25, -0.2) is 0 Å². The van der Waals surface area contributed by atoms with Gasteiger partial charge in [0.2, 0.25) is 0 Å². The van der Waals surface area contributed by atoms with Crippen LogP contribution in [0.4, 0.5) is 11.4 Å². The summed E-state index contributed by atoms with van der Waals surface area (Å²) in [5.41, 5.74) is 8.71. The summed E-state index contributed by atoms with van der Waals surface area (Å²) < 4.78 is 0.893. The molecular weight excluding hydrogens is 300 g/mol.